The third kappa shape index (κ3) is 3.37. The van der Waals surface area contributed by atoms with Crippen LogP contribution in [0, 0.1) is 18.3 Å². The van der Waals surface area contributed by atoms with Crippen molar-refractivity contribution in [3.05, 3.63) is 29.8 Å². The molecule has 1 aromatic rings. The highest BCUT2D eigenvalue weighted by Gasteiger charge is 1.99. The Morgan fingerprint density at radius 1 is 1.47 bits per heavy atom. The van der Waals surface area contributed by atoms with Gasteiger partial charge < -0.3 is 5.73 Å². The number of nitrogens with zero attached hydrogens (tertiary/aromatic N) is 2. The fourth-order valence-corrected chi connectivity index (χ4v) is 0.975. The topological polar surface area (TPSA) is 74.2 Å². The van der Waals surface area contributed by atoms with Crippen LogP contribution in [-0.2, 0) is 0 Å². The summed E-state index contributed by atoms with van der Waals surface area (Å²) >= 11 is 4.64. The predicted octanol–water partition coefficient (Wildman–Crippen LogP) is 1.57. The van der Waals surface area contributed by atoms with Gasteiger partial charge in [0.1, 0.15) is 11.1 Å². The molecule has 3 N–H and O–H groups in total. The van der Waals surface area contributed by atoms with Crippen molar-refractivity contribution in [1.29, 1.82) is 5.26 Å². The van der Waals surface area contributed by atoms with Gasteiger partial charge in [0.25, 0.3) is 0 Å². The number of aryl methyl sites for hydroxylation is 1. The number of anilines is 1. The highest BCUT2D eigenvalue weighted by atomic mass is 32.1. The molecule has 0 aliphatic carbocycles. The number of nitrogens with two attached hydrogens (primary N) is 1. The third-order valence-corrected chi connectivity index (χ3v) is 1.88. The lowest BCUT2D eigenvalue weighted by Crippen LogP contribution is -2.20. The number of hydrazone groups is 1. The van der Waals surface area contributed by atoms with E-state index in [1.807, 2.05) is 31.2 Å². The summed E-state index contributed by atoms with van der Waals surface area (Å²) in [6.45, 7) is 1.99. The molecule has 0 heterocycles. The number of thiocarbonyl (C=S) groups is 1. The summed E-state index contributed by atoms with van der Waals surface area (Å²) in [5.74, 6) is 0. The molecule has 0 radical (unpaired) electrons. The largest absolute Gasteiger partial charge is 0.387 e. The predicted molar refractivity (Wildman–Crippen MR) is 64.6 cm³/mol. The standard InChI is InChI=1S/C10H10N4S/c1-7-2-4-8(5-3-7)13-14-9(6-11)10(12)15/h2-5,13H,1H3,(H2,12,15)/b14-9+. The molecule has 0 bridgehead atoms. The van der Waals surface area contributed by atoms with E-state index in [1.165, 1.54) is 0 Å². The first-order valence-electron chi connectivity index (χ1n) is 4.23. The van der Waals surface area contributed by atoms with Crippen molar-refractivity contribution in [2.75, 3.05) is 5.43 Å². The fourth-order valence-electron chi connectivity index (χ4n) is 0.884. The second-order valence-electron chi connectivity index (χ2n) is 2.91. The Balaban J connectivity index is 2.76. The van der Waals surface area contributed by atoms with Crippen LogP contribution in [0.15, 0.2) is 29.4 Å². The first-order chi connectivity index (χ1) is 7.13. The summed E-state index contributed by atoms with van der Waals surface area (Å²) in [7, 11) is 0. The highest BCUT2D eigenvalue weighted by Crippen LogP contribution is 2.08. The van der Waals surface area contributed by atoms with Gasteiger partial charge in [-0.1, -0.05) is 29.9 Å². The lowest BCUT2D eigenvalue weighted by atomic mass is 10.2. The number of nitriles is 1. The minimum Gasteiger partial charge on any atom is -0.387 e. The van der Waals surface area contributed by atoms with Crippen LogP contribution in [-0.4, -0.2) is 10.7 Å². The van der Waals surface area contributed by atoms with Gasteiger partial charge in [-0.2, -0.15) is 10.4 Å². The van der Waals surface area contributed by atoms with Crippen molar-refractivity contribution in [3.63, 3.8) is 0 Å². The van der Waals surface area contributed by atoms with Crippen molar-refractivity contribution >= 4 is 28.6 Å². The summed E-state index contributed by atoms with van der Waals surface area (Å²) in [5, 5.41) is 12.4. The van der Waals surface area contributed by atoms with Gasteiger partial charge in [0.05, 0.1) is 5.69 Å². The first kappa shape index (κ1) is 11.1. The maximum absolute atomic E-state index is 8.63. The van der Waals surface area contributed by atoms with Gasteiger partial charge in [0, 0.05) is 0 Å². The molecule has 0 aliphatic heterocycles. The van der Waals surface area contributed by atoms with E-state index in [0.717, 1.165) is 11.3 Å². The van der Waals surface area contributed by atoms with E-state index >= 15 is 0 Å². The van der Waals surface area contributed by atoms with Crippen molar-refractivity contribution in [2.45, 2.75) is 6.92 Å². The molecule has 0 unspecified atom stereocenters. The lowest BCUT2D eigenvalue weighted by molar-refractivity contribution is 1.33. The Bertz CT molecular complexity index is 428. The minimum atomic E-state index is -0.0166. The van der Waals surface area contributed by atoms with Crippen molar-refractivity contribution in [2.24, 2.45) is 10.8 Å². The normalized spacial score (nSPS) is 10.5. The highest BCUT2D eigenvalue weighted by molar-refractivity contribution is 7.82. The van der Waals surface area contributed by atoms with Crippen LogP contribution in [0.2, 0.25) is 0 Å². The summed E-state index contributed by atoms with van der Waals surface area (Å²) in [5.41, 5.74) is 9.93. The van der Waals surface area contributed by atoms with E-state index < -0.39 is 0 Å². The van der Waals surface area contributed by atoms with E-state index in [2.05, 4.69) is 22.7 Å². The summed E-state index contributed by atoms with van der Waals surface area (Å²) in [4.78, 5) is -0.0166. The van der Waals surface area contributed by atoms with Gasteiger partial charge in [-0.05, 0) is 19.1 Å². The number of benzene rings is 1. The monoisotopic (exact) mass is 218 g/mol. The molecule has 0 saturated carbocycles. The van der Waals surface area contributed by atoms with Crippen LogP contribution in [0.25, 0.3) is 0 Å². The molecule has 0 atom stereocenters. The minimum absolute atomic E-state index is 0.0166. The Labute approximate surface area is 93.4 Å². The van der Waals surface area contributed by atoms with Gasteiger partial charge >= 0.3 is 0 Å². The molecule has 1 rings (SSSR count). The fraction of sp³-hybridized carbons (Fsp3) is 0.100. The Kier molecular flexibility index (Phi) is 3.77. The Morgan fingerprint density at radius 2 is 2.07 bits per heavy atom. The van der Waals surface area contributed by atoms with Crippen LogP contribution < -0.4 is 11.2 Å². The second kappa shape index (κ2) is 5.08. The molecule has 0 fully saturated rings. The molecule has 0 spiro atoms. The average molecular weight is 218 g/mol. The number of nitrogens with one attached hydrogen (secondary N) is 1. The van der Waals surface area contributed by atoms with Crippen molar-refractivity contribution in [1.82, 2.24) is 0 Å². The lowest BCUT2D eigenvalue weighted by Gasteiger charge is -2.00. The van der Waals surface area contributed by atoms with Crippen LogP contribution in [0.4, 0.5) is 5.69 Å². The van der Waals surface area contributed by atoms with Gasteiger partial charge in [0.15, 0.2) is 5.71 Å². The number of hydrogen-bond acceptors (Lipinski definition) is 4. The molecular weight excluding hydrogens is 208 g/mol. The van der Waals surface area contributed by atoms with Crippen molar-refractivity contribution < 1.29 is 0 Å². The zero-order valence-electron chi connectivity index (χ0n) is 8.19. The summed E-state index contributed by atoms with van der Waals surface area (Å²) < 4.78 is 0. The van der Waals surface area contributed by atoms with E-state index in [1.54, 1.807) is 6.07 Å². The van der Waals surface area contributed by atoms with E-state index in [4.69, 9.17) is 11.0 Å². The van der Waals surface area contributed by atoms with Gasteiger partial charge in [-0.3, -0.25) is 5.43 Å². The molecular formula is C10H10N4S. The van der Waals surface area contributed by atoms with Crippen LogP contribution in [0.3, 0.4) is 0 Å². The van der Waals surface area contributed by atoms with Crippen LogP contribution in [0.5, 0.6) is 0 Å². The van der Waals surface area contributed by atoms with Crippen molar-refractivity contribution in [3.8, 4) is 6.07 Å². The molecule has 5 heteroatoms. The molecule has 1 aromatic carbocycles. The second-order valence-corrected chi connectivity index (χ2v) is 3.35. The average Bonchev–Trinajstić information content (AvgIpc) is 2.21. The molecule has 0 aromatic heterocycles. The molecule has 0 amide bonds. The van der Waals surface area contributed by atoms with E-state index in [0.29, 0.717) is 0 Å². The Hall–Kier alpha value is -1.93. The van der Waals surface area contributed by atoms with E-state index in [9.17, 15) is 0 Å². The summed E-state index contributed by atoms with van der Waals surface area (Å²) in [6, 6.07) is 9.38. The van der Waals surface area contributed by atoms with Crippen LogP contribution in [0.1, 0.15) is 5.56 Å². The maximum Gasteiger partial charge on any atom is 0.194 e. The maximum atomic E-state index is 8.63. The molecule has 4 nitrogen and oxygen atoms in total. The quantitative estimate of drug-likeness (QED) is 0.459. The number of hydrogen-bond donors (Lipinski definition) is 2. The zero-order valence-corrected chi connectivity index (χ0v) is 9.01. The zero-order chi connectivity index (χ0) is 11.3. The summed E-state index contributed by atoms with van der Waals surface area (Å²) in [6.07, 6.45) is 0. The van der Waals surface area contributed by atoms with Gasteiger partial charge in [-0.25, -0.2) is 0 Å². The molecule has 0 aliphatic rings. The van der Waals surface area contributed by atoms with E-state index in [-0.39, 0.29) is 10.7 Å². The van der Waals surface area contributed by atoms with Gasteiger partial charge in [0.2, 0.25) is 0 Å². The molecule has 0 saturated heterocycles. The number of rotatable bonds is 3. The van der Waals surface area contributed by atoms with Gasteiger partial charge in [-0.15, -0.1) is 0 Å². The first-order valence-corrected chi connectivity index (χ1v) is 4.64. The third-order valence-electron chi connectivity index (χ3n) is 1.69. The molecule has 15 heavy (non-hydrogen) atoms. The van der Waals surface area contributed by atoms with Crippen LogP contribution >= 0.6 is 12.2 Å². The SMILES string of the molecule is Cc1ccc(N/N=C(\C#N)C(N)=S)cc1. The molecule has 76 valence electrons. The Morgan fingerprint density at radius 3 is 2.53 bits per heavy atom. The smallest absolute Gasteiger partial charge is 0.194 e.